The lowest BCUT2D eigenvalue weighted by atomic mass is 9.82. The van der Waals surface area contributed by atoms with Crippen molar-refractivity contribution in [3.63, 3.8) is 0 Å². The Morgan fingerprint density at radius 2 is 1.74 bits per heavy atom. The summed E-state index contributed by atoms with van der Waals surface area (Å²) in [4.78, 5) is 13.0. The van der Waals surface area contributed by atoms with E-state index < -0.39 is 23.6 Å². The van der Waals surface area contributed by atoms with Gasteiger partial charge in [0.15, 0.2) is 0 Å². The van der Waals surface area contributed by atoms with Gasteiger partial charge >= 0.3 is 5.97 Å². The SMILES string of the molecule is CC(C)c1ccc(N2[C@@H](c3c(F)cc(/C=C/C(=O)O)cc3F)c3ccc(-c4cnn(C)c4)cc3C[C@@H]2C)cc1. The molecule has 0 fully saturated rings. The van der Waals surface area contributed by atoms with E-state index in [1.807, 2.05) is 37.5 Å². The first-order valence-corrected chi connectivity index (χ1v) is 13.0. The molecule has 39 heavy (non-hydrogen) atoms. The van der Waals surface area contributed by atoms with Gasteiger partial charge < -0.3 is 10.0 Å². The summed E-state index contributed by atoms with van der Waals surface area (Å²) in [6.45, 7) is 6.33. The maximum Gasteiger partial charge on any atom is 0.328 e. The third-order valence-corrected chi connectivity index (χ3v) is 7.40. The molecule has 5 nitrogen and oxygen atoms in total. The van der Waals surface area contributed by atoms with Crippen LogP contribution < -0.4 is 4.90 Å². The van der Waals surface area contributed by atoms with Gasteiger partial charge in [-0.15, -0.1) is 0 Å². The number of aryl methyl sites for hydroxylation is 1. The summed E-state index contributed by atoms with van der Waals surface area (Å²) in [5.74, 6) is -2.26. The predicted molar refractivity (Wildman–Crippen MR) is 150 cm³/mol. The Morgan fingerprint density at radius 1 is 1.05 bits per heavy atom. The number of hydrogen-bond acceptors (Lipinski definition) is 3. The minimum absolute atomic E-state index is 0.0538. The average Bonchev–Trinajstić information content (AvgIpc) is 3.33. The van der Waals surface area contributed by atoms with E-state index >= 15 is 8.78 Å². The molecule has 5 rings (SSSR count). The number of fused-ring (bicyclic) bond motifs is 1. The van der Waals surface area contributed by atoms with Gasteiger partial charge in [0.1, 0.15) is 11.6 Å². The zero-order valence-corrected chi connectivity index (χ0v) is 22.4. The molecule has 4 aromatic rings. The highest BCUT2D eigenvalue weighted by molar-refractivity contribution is 5.85. The normalized spacial score (nSPS) is 17.2. The van der Waals surface area contributed by atoms with Crippen LogP contribution in [-0.4, -0.2) is 26.9 Å². The number of carbonyl (C=O) groups is 1. The Labute approximate surface area is 227 Å². The van der Waals surface area contributed by atoms with Gasteiger partial charge in [-0.25, -0.2) is 13.6 Å². The summed E-state index contributed by atoms with van der Waals surface area (Å²) in [5, 5.41) is 13.2. The van der Waals surface area contributed by atoms with Crippen molar-refractivity contribution >= 4 is 17.7 Å². The fraction of sp³-hybridized carbons (Fsp3) is 0.250. The van der Waals surface area contributed by atoms with Crippen molar-refractivity contribution in [1.82, 2.24) is 9.78 Å². The van der Waals surface area contributed by atoms with Crippen molar-refractivity contribution in [2.45, 2.75) is 45.2 Å². The van der Waals surface area contributed by atoms with Gasteiger partial charge in [0.05, 0.1) is 17.8 Å². The third-order valence-electron chi connectivity index (χ3n) is 7.40. The summed E-state index contributed by atoms with van der Waals surface area (Å²) >= 11 is 0. The van der Waals surface area contributed by atoms with E-state index in [2.05, 4.69) is 49.0 Å². The predicted octanol–water partition coefficient (Wildman–Crippen LogP) is 7.13. The summed E-state index contributed by atoms with van der Waals surface area (Å²) in [6.07, 6.45) is 6.51. The maximum atomic E-state index is 15.8. The molecule has 0 radical (unpaired) electrons. The van der Waals surface area contributed by atoms with Crippen LogP contribution in [0.15, 0.2) is 73.1 Å². The fourth-order valence-electron chi connectivity index (χ4n) is 5.48. The number of aliphatic carboxylic acids is 1. The van der Waals surface area contributed by atoms with Crippen molar-refractivity contribution in [3.8, 4) is 11.1 Å². The van der Waals surface area contributed by atoms with E-state index in [-0.39, 0.29) is 17.2 Å². The van der Waals surface area contributed by atoms with Gasteiger partial charge in [-0.1, -0.05) is 44.2 Å². The largest absolute Gasteiger partial charge is 0.478 e. The van der Waals surface area contributed by atoms with Crippen molar-refractivity contribution in [3.05, 3.63) is 113 Å². The maximum absolute atomic E-state index is 15.8. The smallest absolute Gasteiger partial charge is 0.328 e. The van der Waals surface area contributed by atoms with Crippen LogP contribution in [0.4, 0.5) is 14.5 Å². The van der Waals surface area contributed by atoms with E-state index in [1.54, 1.807) is 10.9 Å². The van der Waals surface area contributed by atoms with Crippen LogP contribution in [-0.2, 0) is 18.3 Å². The summed E-state index contributed by atoms with van der Waals surface area (Å²) in [5.41, 5.74) is 6.00. The lowest BCUT2D eigenvalue weighted by molar-refractivity contribution is -0.131. The van der Waals surface area contributed by atoms with Crippen LogP contribution in [0.1, 0.15) is 60.5 Å². The van der Waals surface area contributed by atoms with Gasteiger partial charge in [0.2, 0.25) is 0 Å². The molecule has 3 aromatic carbocycles. The van der Waals surface area contributed by atoms with Gasteiger partial charge in [0, 0.05) is 36.6 Å². The molecule has 7 heteroatoms. The topological polar surface area (TPSA) is 58.4 Å². The number of benzene rings is 3. The summed E-state index contributed by atoms with van der Waals surface area (Å²) in [7, 11) is 1.86. The first-order valence-electron chi connectivity index (χ1n) is 13.0. The molecule has 0 bridgehead atoms. The van der Waals surface area contributed by atoms with Crippen molar-refractivity contribution < 1.29 is 18.7 Å². The van der Waals surface area contributed by atoms with E-state index in [0.717, 1.165) is 34.0 Å². The van der Waals surface area contributed by atoms with Crippen molar-refractivity contribution in [2.24, 2.45) is 7.05 Å². The van der Waals surface area contributed by atoms with Gasteiger partial charge in [-0.2, -0.15) is 5.10 Å². The Bertz CT molecular complexity index is 1530. The second-order valence-electron chi connectivity index (χ2n) is 10.5. The third kappa shape index (κ3) is 5.21. The second-order valence-corrected chi connectivity index (χ2v) is 10.5. The molecule has 1 aliphatic heterocycles. The molecular formula is C32H31F2N3O2. The quantitative estimate of drug-likeness (QED) is 0.271. The number of aromatic nitrogens is 2. The molecule has 0 saturated carbocycles. The Balaban J connectivity index is 1.67. The van der Waals surface area contributed by atoms with Gasteiger partial charge in [0.25, 0.3) is 0 Å². The van der Waals surface area contributed by atoms with Crippen LogP contribution in [0.5, 0.6) is 0 Å². The molecule has 1 aliphatic rings. The van der Waals surface area contributed by atoms with E-state index in [1.165, 1.54) is 23.8 Å². The monoisotopic (exact) mass is 527 g/mol. The zero-order valence-electron chi connectivity index (χ0n) is 22.4. The first-order chi connectivity index (χ1) is 18.6. The lowest BCUT2D eigenvalue weighted by Crippen LogP contribution is -2.43. The highest BCUT2D eigenvalue weighted by Gasteiger charge is 2.37. The summed E-state index contributed by atoms with van der Waals surface area (Å²) in [6, 6.07) is 15.8. The Hall–Kier alpha value is -4.26. The van der Waals surface area contributed by atoms with Gasteiger partial charge in [-0.05, 0) is 77.4 Å². The van der Waals surface area contributed by atoms with E-state index in [0.29, 0.717) is 12.3 Å². The first kappa shape index (κ1) is 26.4. The van der Waals surface area contributed by atoms with E-state index in [4.69, 9.17) is 5.11 Å². The average molecular weight is 528 g/mol. The second kappa shape index (κ2) is 10.5. The number of carboxylic acids is 1. The molecule has 0 unspecified atom stereocenters. The standard InChI is InChI=1S/C32H31F2N3O2/c1-19(2)22-6-9-26(10-7-22)37-20(3)13-24-16-23(25-17-35-36(4)18-25)8-11-27(24)32(37)31-28(33)14-21(15-29(31)34)5-12-30(38)39/h5-12,14-20,32H,13H2,1-4H3,(H,38,39)/b12-5+/t20-,32+/m0/s1. The number of rotatable bonds is 6. The van der Waals surface area contributed by atoms with E-state index in [9.17, 15) is 4.79 Å². The molecule has 0 spiro atoms. The molecule has 2 heterocycles. The molecule has 0 aliphatic carbocycles. The molecular weight excluding hydrogens is 496 g/mol. The highest BCUT2D eigenvalue weighted by atomic mass is 19.1. The Kier molecular flexibility index (Phi) is 7.08. The fourth-order valence-corrected chi connectivity index (χ4v) is 5.48. The van der Waals surface area contributed by atoms with Crippen molar-refractivity contribution in [1.29, 1.82) is 0 Å². The van der Waals surface area contributed by atoms with Crippen LogP contribution in [0.3, 0.4) is 0 Å². The number of halogens is 2. The van der Waals surface area contributed by atoms with Crippen LogP contribution in [0.25, 0.3) is 17.2 Å². The molecule has 1 N–H and O–H groups in total. The number of carboxylic acid groups (broad SMARTS) is 1. The molecule has 0 amide bonds. The lowest BCUT2D eigenvalue weighted by Gasteiger charge is -2.44. The van der Waals surface area contributed by atoms with Crippen LogP contribution in [0.2, 0.25) is 0 Å². The number of hydrogen-bond donors (Lipinski definition) is 1. The van der Waals surface area contributed by atoms with Crippen LogP contribution in [0, 0.1) is 11.6 Å². The highest BCUT2D eigenvalue weighted by Crippen LogP contribution is 2.44. The molecule has 1 aromatic heterocycles. The number of nitrogens with zero attached hydrogens (tertiary/aromatic N) is 3. The molecule has 200 valence electrons. The minimum Gasteiger partial charge on any atom is -0.478 e. The number of anilines is 1. The van der Waals surface area contributed by atoms with Crippen LogP contribution >= 0.6 is 0 Å². The molecule has 0 saturated heterocycles. The summed E-state index contributed by atoms with van der Waals surface area (Å²) < 4.78 is 33.3. The minimum atomic E-state index is -1.18. The van der Waals surface area contributed by atoms with Gasteiger partial charge in [-0.3, -0.25) is 4.68 Å². The Morgan fingerprint density at radius 3 is 2.33 bits per heavy atom. The molecule has 2 atom stereocenters. The van der Waals surface area contributed by atoms with Crippen molar-refractivity contribution in [2.75, 3.05) is 4.90 Å². The zero-order chi connectivity index (χ0) is 27.8.